The molecular weight excluding hydrogens is 212 g/mol. The van der Waals surface area contributed by atoms with Crippen LogP contribution >= 0.6 is 0 Å². The van der Waals surface area contributed by atoms with Crippen molar-refractivity contribution in [3.63, 3.8) is 0 Å². The molecule has 0 aliphatic heterocycles. The number of aromatic nitrogens is 3. The van der Waals surface area contributed by atoms with Crippen LogP contribution in [0.5, 0.6) is 0 Å². The minimum atomic E-state index is -0.558. The maximum absolute atomic E-state index is 11.5. The first-order valence-corrected chi connectivity index (χ1v) is 4.46. The first-order valence-electron chi connectivity index (χ1n) is 4.46. The molecule has 2 heterocycles. The van der Waals surface area contributed by atoms with Crippen molar-refractivity contribution in [1.82, 2.24) is 9.55 Å². The third kappa shape index (κ3) is 1.33. The van der Waals surface area contributed by atoms with Crippen molar-refractivity contribution in [2.45, 2.75) is 0 Å². The molecule has 0 unspecified atom stereocenters. The summed E-state index contributed by atoms with van der Waals surface area (Å²) < 4.78 is 6.20. The molecule has 0 aliphatic rings. The number of aryl methyl sites for hydroxylation is 1. The van der Waals surface area contributed by atoms with Gasteiger partial charge >= 0.3 is 5.97 Å². The second kappa shape index (κ2) is 3.69. The van der Waals surface area contributed by atoms with Gasteiger partial charge in [0.15, 0.2) is 16.7 Å². The predicted octanol–water partition coefficient (Wildman–Crippen LogP) is 0.572. The minimum absolute atomic E-state index is 0.147. The van der Waals surface area contributed by atoms with E-state index in [2.05, 4.69) is 19.9 Å². The molecule has 0 aromatic carbocycles. The number of hydrogen-bond donors (Lipinski definition) is 0. The highest BCUT2D eigenvalue weighted by atomic mass is 16.5. The van der Waals surface area contributed by atoms with E-state index in [0.717, 1.165) is 0 Å². The van der Waals surface area contributed by atoms with Gasteiger partial charge in [0.1, 0.15) is 0 Å². The lowest BCUT2D eigenvalue weighted by Crippen LogP contribution is -2.13. The Bertz CT molecular complexity index is 575. The van der Waals surface area contributed by atoms with Gasteiger partial charge in [0, 0.05) is 13.2 Å². The highest BCUT2D eigenvalue weighted by molar-refractivity contribution is 6.01. The fraction of sp³-hybridized carbons (Fsp3) is 0.222. The zero-order chi connectivity index (χ0) is 11.7. The third-order valence-corrected chi connectivity index (χ3v) is 2.27. The molecule has 2 rings (SSSR count). The number of ether oxygens (including phenoxy) is 1. The van der Waals surface area contributed by atoms with Crippen LogP contribution in [-0.2, 0) is 11.8 Å². The van der Waals surface area contributed by atoms with Crippen LogP contribution in [-0.4, -0.2) is 22.6 Å². The van der Waals surface area contributed by atoms with Crippen molar-refractivity contribution < 1.29 is 14.5 Å². The number of fused-ring (bicyclic) bond motifs is 1. The van der Waals surface area contributed by atoms with Crippen molar-refractivity contribution in [2.75, 3.05) is 7.11 Å². The second-order valence-electron chi connectivity index (χ2n) is 3.18. The molecule has 16 heavy (non-hydrogen) atoms. The molecule has 2 aromatic rings. The molecule has 0 amide bonds. The van der Waals surface area contributed by atoms with Gasteiger partial charge in [-0.25, -0.2) is 9.78 Å². The van der Waals surface area contributed by atoms with Crippen LogP contribution < -0.4 is 4.98 Å². The van der Waals surface area contributed by atoms with Crippen molar-refractivity contribution in [2.24, 2.45) is 12.2 Å². The molecule has 0 spiro atoms. The quantitative estimate of drug-likeness (QED) is 0.547. The molecule has 82 valence electrons. The van der Waals surface area contributed by atoms with Gasteiger partial charge in [0.2, 0.25) is 0 Å². The van der Waals surface area contributed by atoms with E-state index in [0.29, 0.717) is 11.0 Å². The number of nitrogens with one attached hydrogen (secondary N) is 1. The number of nitrogens with zero attached hydrogens (tertiary/aromatic N) is 3. The zero-order valence-corrected chi connectivity index (χ0v) is 8.72. The molecule has 0 saturated heterocycles. The average molecular weight is 221 g/mol. The number of methoxy groups -OCH3 is 1. The van der Waals surface area contributed by atoms with Crippen LogP contribution in [0.2, 0.25) is 0 Å². The van der Waals surface area contributed by atoms with E-state index >= 15 is 0 Å². The molecule has 7 heteroatoms. The number of H-pyrrole nitrogens is 1. The first kappa shape index (κ1) is 10.2. The molecule has 0 aliphatic carbocycles. The standard InChI is InChI=1S/C9H8N4O3/c1-13-3-5(12-15)6-8(13)7(9(14)16-2)11-4-10-6/h3-4H,1-2H3/p+1. The summed E-state index contributed by atoms with van der Waals surface area (Å²) in [5.74, 6) is -0.558. The molecule has 0 atom stereocenters. The maximum atomic E-state index is 11.5. The number of esters is 1. The number of carbonyl (C=O) groups excluding carboxylic acids is 1. The summed E-state index contributed by atoms with van der Waals surface area (Å²) in [5, 5.41) is 2.86. The van der Waals surface area contributed by atoms with Gasteiger partial charge in [0.25, 0.3) is 12.0 Å². The minimum Gasteiger partial charge on any atom is -0.463 e. The molecule has 0 bridgehead atoms. The van der Waals surface area contributed by atoms with E-state index in [1.165, 1.54) is 19.6 Å². The summed E-state index contributed by atoms with van der Waals surface area (Å²) in [6, 6.07) is 0. The van der Waals surface area contributed by atoms with Crippen molar-refractivity contribution in [1.29, 1.82) is 0 Å². The predicted molar refractivity (Wildman–Crippen MR) is 54.1 cm³/mol. The van der Waals surface area contributed by atoms with Crippen LogP contribution in [0.15, 0.2) is 17.7 Å². The Morgan fingerprint density at radius 3 is 3.00 bits per heavy atom. The van der Waals surface area contributed by atoms with Gasteiger partial charge in [0.05, 0.1) is 7.11 Å². The van der Waals surface area contributed by atoms with Crippen LogP contribution in [0.25, 0.3) is 11.0 Å². The molecule has 2 aromatic heterocycles. The molecular formula is C9H9N4O3+. The highest BCUT2D eigenvalue weighted by Gasteiger charge is 2.24. The molecule has 7 nitrogen and oxygen atoms in total. The van der Waals surface area contributed by atoms with E-state index in [9.17, 15) is 9.70 Å². The number of rotatable bonds is 2. The largest absolute Gasteiger partial charge is 0.463 e. The smallest absolute Gasteiger partial charge is 0.385 e. The number of carbonyl (C=O) groups is 1. The van der Waals surface area contributed by atoms with Gasteiger partial charge in [-0.2, -0.15) is 0 Å². The van der Waals surface area contributed by atoms with E-state index in [1.807, 2.05) is 0 Å². The lowest BCUT2D eigenvalue weighted by Gasteiger charge is -1.96. The van der Waals surface area contributed by atoms with E-state index in [-0.39, 0.29) is 11.4 Å². The Hall–Kier alpha value is -2.31. The number of aromatic amines is 1. The summed E-state index contributed by atoms with van der Waals surface area (Å²) in [7, 11) is 2.97. The van der Waals surface area contributed by atoms with Crippen LogP contribution in [0.1, 0.15) is 10.5 Å². The monoisotopic (exact) mass is 221 g/mol. The van der Waals surface area contributed by atoms with E-state index < -0.39 is 5.97 Å². The zero-order valence-electron chi connectivity index (χ0n) is 8.72. The Balaban J connectivity index is 2.82. The summed E-state index contributed by atoms with van der Waals surface area (Å²) >= 11 is 0. The van der Waals surface area contributed by atoms with Gasteiger partial charge in [-0.15, -0.1) is 4.91 Å². The fourth-order valence-electron chi connectivity index (χ4n) is 1.58. The molecule has 0 fully saturated rings. The van der Waals surface area contributed by atoms with Crippen LogP contribution in [0.3, 0.4) is 0 Å². The van der Waals surface area contributed by atoms with Crippen LogP contribution in [0, 0.1) is 4.91 Å². The van der Waals surface area contributed by atoms with Gasteiger partial charge in [-0.05, 0) is 10.2 Å². The van der Waals surface area contributed by atoms with E-state index in [1.54, 1.807) is 11.6 Å². The Kier molecular flexibility index (Phi) is 2.35. The average Bonchev–Trinajstić information content (AvgIpc) is 2.65. The maximum Gasteiger partial charge on any atom is 0.385 e. The van der Waals surface area contributed by atoms with Gasteiger partial charge in [-0.3, -0.25) is 0 Å². The van der Waals surface area contributed by atoms with E-state index in [4.69, 9.17) is 0 Å². The van der Waals surface area contributed by atoms with Gasteiger partial charge in [-0.1, -0.05) is 0 Å². The van der Waals surface area contributed by atoms with Crippen molar-refractivity contribution in [3.8, 4) is 0 Å². The van der Waals surface area contributed by atoms with Gasteiger partial charge < -0.3 is 9.30 Å². The van der Waals surface area contributed by atoms with Crippen molar-refractivity contribution in [3.05, 3.63) is 23.1 Å². The highest BCUT2D eigenvalue weighted by Crippen LogP contribution is 2.25. The van der Waals surface area contributed by atoms with Crippen LogP contribution in [0.4, 0.5) is 5.69 Å². The lowest BCUT2D eigenvalue weighted by atomic mass is 10.3. The topological polar surface area (TPSA) is 87.7 Å². The first-order chi connectivity index (χ1) is 7.69. The normalized spacial score (nSPS) is 10.4. The third-order valence-electron chi connectivity index (χ3n) is 2.27. The fourth-order valence-corrected chi connectivity index (χ4v) is 1.58. The number of hydrogen-bond acceptors (Lipinski definition) is 5. The summed E-state index contributed by atoms with van der Waals surface area (Å²) in [6.45, 7) is 0. The summed E-state index contributed by atoms with van der Waals surface area (Å²) in [5.41, 5.74) is 1.33. The summed E-state index contributed by atoms with van der Waals surface area (Å²) in [4.78, 5) is 28.7. The Morgan fingerprint density at radius 1 is 1.62 bits per heavy atom. The lowest BCUT2D eigenvalue weighted by molar-refractivity contribution is -0.349. The number of nitroso groups, excluding NO2 is 1. The SMILES string of the molecule is COC(=O)c1nc[nH+]c2c(N=O)cn(C)c12. The molecule has 0 saturated carbocycles. The Labute approximate surface area is 90.0 Å². The summed E-state index contributed by atoms with van der Waals surface area (Å²) in [6.07, 6.45) is 2.84. The molecule has 0 radical (unpaired) electrons. The Morgan fingerprint density at radius 2 is 2.38 bits per heavy atom. The van der Waals surface area contributed by atoms with Crippen molar-refractivity contribution >= 4 is 22.7 Å². The second-order valence-corrected chi connectivity index (χ2v) is 3.18. The molecule has 1 N–H and O–H groups in total.